The van der Waals surface area contributed by atoms with Crippen LogP contribution in [0.25, 0.3) is 0 Å². The first-order valence-electron chi connectivity index (χ1n) is 10.9. The number of aryl methyl sites for hydroxylation is 1. The van der Waals surface area contributed by atoms with Gasteiger partial charge in [0.05, 0.1) is 21.8 Å². The van der Waals surface area contributed by atoms with E-state index >= 15 is 0 Å². The van der Waals surface area contributed by atoms with E-state index in [-0.39, 0.29) is 6.10 Å². The minimum absolute atomic E-state index is 0.113. The Balaban J connectivity index is 1.78. The van der Waals surface area contributed by atoms with Gasteiger partial charge in [-0.05, 0) is 55.1 Å². The first kappa shape index (κ1) is 22.5. The molecule has 0 aromatic carbocycles. The monoisotopic (exact) mass is 442 g/mol. The first-order chi connectivity index (χ1) is 13.2. The van der Waals surface area contributed by atoms with E-state index in [4.69, 9.17) is 27.6 Å². The Morgan fingerprint density at radius 3 is 2.29 bits per heavy atom. The molecule has 3 nitrogen and oxygen atoms in total. The van der Waals surface area contributed by atoms with Crippen LogP contribution in [0.5, 0.6) is 0 Å². The van der Waals surface area contributed by atoms with E-state index in [1.165, 1.54) is 12.8 Å². The van der Waals surface area contributed by atoms with Crippen molar-refractivity contribution in [1.29, 1.82) is 0 Å². The Morgan fingerprint density at radius 2 is 1.75 bits per heavy atom. The lowest BCUT2D eigenvalue weighted by Crippen LogP contribution is -2.41. The number of pyridine rings is 1. The van der Waals surface area contributed by atoms with Crippen LogP contribution in [-0.4, -0.2) is 25.9 Å². The summed E-state index contributed by atoms with van der Waals surface area (Å²) in [5.74, 6) is 1.77. The molecule has 1 N–H and O–H groups in total. The van der Waals surface area contributed by atoms with Gasteiger partial charge < -0.3 is 9.74 Å². The van der Waals surface area contributed by atoms with E-state index in [2.05, 4.69) is 44.9 Å². The molecule has 3 rings (SSSR count). The average Bonchev–Trinajstić information content (AvgIpc) is 3.01. The van der Waals surface area contributed by atoms with Gasteiger partial charge >= 0.3 is 0 Å². The first-order valence-corrected chi connectivity index (χ1v) is 14.2. The van der Waals surface area contributed by atoms with Gasteiger partial charge in [-0.2, -0.15) is 0 Å². The van der Waals surface area contributed by atoms with Crippen LogP contribution in [0.4, 0.5) is 0 Å². The van der Waals surface area contributed by atoms with Crippen LogP contribution in [0.3, 0.4) is 0 Å². The van der Waals surface area contributed by atoms with Gasteiger partial charge in [0.25, 0.3) is 0 Å². The maximum atomic E-state index is 6.91. The van der Waals surface area contributed by atoms with Crippen LogP contribution in [0.2, 0.25) is 28.2 Å². The third-order valence-corrected chi connectivity index (χ3v) is 13.2. The number of hydrogen-bond donors (Lipinski definition) is 1. The molecule has 0 bridgehead atoms. The molecule has 0 amide bonds. The molecule has 0 saturated heterocycles. The number of fused-ring (bicyclic) bond motifs is 1. The van der Waals surface area contributed by atoms with Crippen molar-refractivity contribution >= 4 is 31.5 Å². The Labute approximate surface area is 182 Å². The summed E-state index contributed by atoms with van der Waals surface area (Å²) in [6.45, 7) is 14.3. The zero-order valence-corrected chi connectivity index (χ0v) is 20.8. The van der Waals surface area contributed by atoms with Crippen molar-refractivity contribution < 1.29 is 4.43 Å². The van der Waals surface area contributed by atoms with Crippen molar-refractivity contribution in [3.8, 4) is 0 Å². The lowest BCUT2D eigenvalue weighted by molar-refractivity contribution is 0.179. The number of nitrogens with zero attached hydrogens (tertiary/aromatic N) is 1. The number of aromatic nitrogens is 1. The smallest absolute Gasteiger partial charge is 0.192 e. The van der Waals surface area contributed by atoms with Crippen LogP contribution in [0, 0.1) is 24.2 Å². The van der Waals surface area contributed by atoms with E-state index in [0.717, 1.165) is 47.8 Å². The summed E-state index contributed by atoms with van der Waals surface area (Å²) in [4.78, 5) is 4.32. The van der Waals surface area contributed by atoms with Crippen LogP contribution in [0.1, 0.15) is 64.8 Å². The molecule has 2 aliphatic rings. The molecule has 1 aromatic heterocycles. The molecule has 0 spiro atoms. The summed E-state index contributed by atoms with van der Waals surface area (Å²) in [6.07, 6.45) is 4.16. The Kier molecular flexibility index (Phi) is 6.88. The molecule has 4 atom stereocenters. The highest BCUT2D eigenvalue weighted by Crippen LogP contribution is 2.66. The molecule has 6 heteroatoms. The molecule has 28 heavy (non-hydrogen) atoms. The summed E-state index contributed by atoms with van der Waals surface area (Å²) in [5, 5.41) is 5.08. The summed E-state index contributed by atoms with van der Waals surface area (Å²) >= 11 is 13.3. The summed E-state index contributed by atoms with van der Waals surface area (Å²) < 4.78 is 6.91. The van der Waals surface area contributed by atoms with Gasteiger partial charge in [0, 0.05) is 24.3 Å². The molecular formula is C22H36Cl2N2OSi. The van der Waals surface area contributed by atoms with Gasteiger partial charge in [-0.15, -0.1) is 0 Å². The van der Waals surface area contributed by atoms with E-state index < -0.39 is 8.32 Å². The van der Waals surface area contributed by atoms with Crippen molar-refractivity contribution in [2.45, 2.75) is 84.7 Å². The second-order valence-corrected chi connectivity index (χ2v) is 14.9. The van der Waals surface area contributed by atoms with E-state index in [1.807, 2.05) is 6.92 Å². The number of nitrogens with one attached hydrogen (secondary N) is 1. The van der Waals surface area contributed by atoms with Gasteiger partial charge in [-0.3, -0.25) is 4.98 Å². The van der Waals surface area contributed by atoms with Gasteiger partial charge in [-0.1, -0.05) is 57.8 Å². The quantitative estimate of drug-likeness (QED) is 0.427. The fraction of sp³-hybridized carbons (Fsp3) is 0.773. The van der Waals surface area contributed by atoms with Crippen molar-refractivity contribution in [2.75, 3.05) is 6.54 Å². The lowest BCUT2D eigenvalue weighted by atomic mass is 9.97. The van der Waals surface area contributed by atoms with E-state index in [9.17, 15) is 0 Å². The van der Waals surface area contributed by atoms with Crippen LogP contribution < -0.4 is 5.32 Å². The third-order valence-electron chi connectivity index (χ3n) is 7.79. The summed E-state index contributed by atoms with van der Waals surface area (Å²) in [5.41, 5.74) is 2.28. The fourth-order valence-electron chi connectivity index (χ4n) is 5.32. The van der Waals surface area contributed by atoms with Gasteiger partial charge in [0.15, 0.2) is 8.32 Å². The minimum atomic E-state index is -1.81. The van der Waals surface area contributed by atoms with Crippen molar-refractivity contribution in [3.63, 3.8) is 0 Å². The molecule has 1 heterocycles. The molecule has 0 radical (unpaired) electrons. The number of rotatable bonds is 9. The molecule has 2 fully saturated rings. The average molecular weight is 444 g/mol. The topological polar surface area (TPSA) is 34.1 Å². The maximum Gasteiger partial charge on any atom is 0.192 e. The van der Waals surface area contributed by atoms with E-state index in [1.54, 1.807) is 6.20 Å². The SMILES string of the molecule is CC[Si](CC)(CC)OC(CN[C@H]1C[C@@H]2[C@H](C1)C2(C)C)c1c(Cl)cnc(C)c1Cl. The van der Waals surface area contributed by atoms with Crippen LogP contribution in [-0.2, 0) is 4.43 Å². The van der Waals surface area contributed by atoms with Crippen molar-refractivity contribution in [1.82, 2.24) is 10.3 Å². The summed E-state index contributed by atoms with van der Waals surface area (Å²) in [6, 6.07) is 3.91. The molecule has 1 aromatic rings. The Bertz CT molecular complexity index is 686. The fourth-order valence-corrected chi connectivity index (χ4v) is 8.71. The minimum Gasteiger partial charge on any atom is -0.409 e. The third kappa shape index (κ3) is 4.18. The Morgan fingerprint density at radius 1 is 1.18 bits per heavy atom. The second-order valence-electron chi connectivity index (χ2n) is 9.38. The highest BCUT2D eigenvalue weighted by Gasteiger charge is 2.61. The molecular weight excluding hydrogens is 407 g/mol. The summed E-state index contributed by atoms with van der Waals surface area (Å²) in [7, 11) is -1.81. The molecule has 2 aliphatic carbocycles. The van der Waals surface area contributed by atoms with E-state index in [0.29, 0.717) is 21.5 Å². The maximum absolute atomic E-state index is 6.91. The number of halogens is 2. The van der Waals surface area contributed by atoms with Crippen LogP contribution >= 0.6 is 23.2 Å². The molecule has 1 unspecified atom stereocenters. The van der Waals surface area contributed by atoms with Crippen molar-refractivity contribution in [3.05, 3.63) is 27.5 Å². The Hall–Kier alpha value is -0.133. The zero-order valence-electron chi connectivity index (χ0n) is 18.2. The standard InChI is InChI=1S/C22H36Cl2N2OSi/c1-7-28(8-2,9-3)27-19(20-18(23)12-25-14(4)21(20)24)13-26-15-10-16-17(11-15)22(16,5)6/h12,15-17,19,26H,7-11,13H2,1-6H3/t15-,16+,17-,19?. The predicted molar refractivity (Wildman–Crippen MR) is 122 cm³/mol. The lowest BCUT2D eigenvalue weighted by Gasteiger charge is -2.35. The van der Waals surface area contributed by atoms with Gasteiger partial charge in [-0.25, -0.2) is 0 Å². The van der Waals surface area contributed by atoms with Crippen LogP contribution in [0.15, 0.2) is 6.20 Å². The predicted octanol–water partition coefficient (Wildman–Crippen LogP) is 6.78. The molecule has 158 valence electrons. The highest BCUT2D eigenvalue weighted by atomic mass is 35.5. The number of hydrogen-bond acceptors (Lipinski definition) is 3. The largest absolute Gasteiger partial charge is 0.409 e. The zero-order chi connectivity index (χ0) is 20.7. The molecule has 0 aliphatic heterocycles. The van der Waals surface area contributed by atoms with Crippen molar-refractivity contribution in [2.24, 2.45) is 17.3 Å². The highest BCUT2D eigenvalue weighted by molar-refractivity contribution is 6.73. The van der Waals surface area contributed by atoms with Gasteiger partial charge in [0.1, 0.15) is 0 Å². The van der Waals surface area contributed by atoms with Gasteiger partial charge in [0.2, 0.25) is 0 Å². The second kappa shape index (κ2) is 8.54. The molecule has 2 saturated carbocycles. The normalized spacial score (nSPS) is 26.9.